The van der Waals surface area contributed by atoms with Gasteiger partial charge in [-0.3, -0.25) is 0 Å². The summed E-state index contributed by atoms with van der Waals surface area (Å²) in [5.41, 5.74) is 3.68. The van der Waals surface area contributed by atoms with E-state index in [0.29, 0.717) is 23.9 Å². The number of hydrogen-bond acceptors (Lipinski definition) is 4. The number of methoxy groups -OCH3 is 1. The van der Waals surface area contributed by atoms with E-state index in [1.54, 1.807) is 13.2 Å². The second-order valence-corrected chi connectivity index (χ2v) is 6.60. The third-order valence-electron chi connectivity index (χ3n) is 4.33. The standard InChI is InChI=1S/C22H23NO3/c1-15(2)18-10-7-17(8-11-18)14-20-22(24)26-21(23-20)12-9-16-5-4-6-19(13-16)25-3/h4-8,10-11,13-15H,9,12H2,1-3H3/b20-14+. The zero-order valence-corrected chi connectivity index (χ0v) is 15.4. The number of aliphatic imine (C=N–C) groups is 1. The molecule has 0 N–H and O–H groups in total. The van der Waals surface area contributed by atoms with Crippen molar-refractivity contribution in [2.45, 2.75) is 32.6 Å². The Labute approximate surface area is 154 Å². The number of rotatable bonds is 6. The van der Waals surface area contributed by atoms with Gasteiger partial charge in [0.1, 0.15) is 5.75 Å². The van der Waals surface area contributed by atoms with Crippen LogP contribution in [0.3, 0.4) is 0 Å². The van der Waals surface area contributed by atoms with Crippen molar-refractivity contribution < 1.29 is 14.3 Å². The van der Waals surface area contributed by atoms with Gasteiger partial charge in [-0.15, -0.1) is 0 Å². The van der Waals surface area contributed by atoms with Gasteiger partial charge in [0.15, 0.2) is 11.6 Å². The average molecular weight is 349 g/mol. The van der Waals surface area contributed by atoms with E-state index in [2.05, 4.69) is 31.0 Å². The highest BCUT2D eigenvalue weighted by molar-refractivity contribution is 6.07. The van der Waals surface area contributed by atoms with Crippen LogP contribution in [0.2, 0.25) is 0 Å². The van der Waals surface area contributed by atoms with Crippen molar-refractivity contribution in [2.75, 3.05) is 7.11 Å². The van der Waals surface area contributed by atoms with Crippen LogP contribution in [0, 0.1) is 0 Å². The minimum atomic E-state index is -0.390. The van der Waals surface area contributed by atoms with E-state index in [4.69, 9.17) is 9.47 Å². The number of carbonyl (C=O) groups excluding carboxylic acids is 1. The fourth-order valence-electron chi connectivity index (χ4n) is 2.77. The second kappa shape index (κ2) is 8.00. The highest BCUT2D eigenvalue weighted by atomic mass is 16.6. The maximum atomic E-state index is 12.1. The largest absolute Gasteiger partial charge is 0.497 e. The predicted molar refractivity (Wildman–Crippen MR) is 103 cm³/mol. The molecular weight excluding hydrogens is 326 g/mol. The fraction of sp³-hybridized carbons (Fsp3) is 0.273. The molecule has 1 aliphatic rings. The van der Waals surface area contributed by atoms with Crippen LogP contribution in [0.25, 0.3) is 6.08 Å². The van der Waals surface area contributed by atoms with E-state index in [-0.39, 0.29) is 0 Å². The summed E-state index contributed by atoms with van der Waals surface area (Å²) in [7, 11) is 1.65. The SMILES string of the molecule is COc1cccc(CCC2=N/C(=C/c3ccc(C(C)C)cc3)C(=O)O2)c1. The van der Waals surface area contributed by atoms with Crippen LogP contribution in [0.1, 0.15) is 42.9 Å². The van der Waals surface area contributed by atoms with Gasteiger partial charge in [0, 0.05) is 6.42 Å². The molecule has 3 rings (SSSR count). The van der Waals surface area contributed by atoms with Crippen molar-refractivity contribution in [1.82, 2.24) is 0 Å². The molecule has 1 aliphatic heterocycles. The number of carbonyl (C=O) groups is 1. The minimum Gasteiger partial charge on any atom is -0.497 e. The highest BCUT2D eigenvalue weighted by Crippen LogP contribution is 2.21. The summed E-state index contributed by atoms with van der Waals surface area (Å²) in [4.78, 5) is 16.4. The van der Waals surface area contributed by atoms with Crippen LogP contribution in [-0.4, -0.2) is 19.0 Å². The fourth-order valence-corrected chi connectivity index (χ4v) is 2.77. The van der Waals surface area contributed by atoms with Crippen molar-refractivity contribution in [3.8, 4) is 5.75 Å². The van der Waals surface area contributed by atoms with E-state index >= 15 is 0 Å². The molecule has 1 heterocycles. The molecule has 2 aromatic rings. The molecule has 0 unspecified atom stereocenters. The van der Waals surface area contributed by atoms with Crippen molar-refractivity contribution >= 4 is 17.9 Å². The lowest BCUT2D eigenvalue weighted by atomic mass is 10.0. The molecule has 0 saturated heterocycles. The van der Waals surface area contributed by atoms with E-state index in [1.807, 2.05) is 36.4 Å². The topological polar surface area (TPSA) is 47.9 Å². The number of esters is 1. The van der Waals surface area contributed by atoms with Gasteiger partial charge in [0.2, 0.25) is 0 Å². The summed E-state index contributed by atoms with van der Waals surface area (Å²) < 4.78 is 10.5. The Morgan fingerprint density at radius 1 is 1.12 bits per heavy atom. The molecule has 0 spiro atoms. The molecule has 0 fully saturated rings. The summed E-state index contributed by atoms with van der Waals surface area (Å²) in [5, 5.41) is 0. The molecule has 0 aliphatic carbocycles. The smallest absolute Gasteiger partial charge is 0.363 e. The molecule has 0 saturated carbocycles. The van der Waals surface area contributed by atoms with Gasteiger partial charge in [-0.25, -0.2) is 9.79 Å². The molecule has 134 valence electrons. The molecular formula is C22H23NO3. The third-order valence-corrected chi connectivity index (χ3v) is 4.33. The second-order valence-electron chi connectivity index (χ2n) is 6.60. The number of cyclic esters (lactones) is 1. The van der Waals surface area contributed by atoms with Crippen LogP contribution in [0.5, 0.6) is 5.75 Å². The summed E-state index contributed by atoms with van der Waals surface area (Å²) in [6.07, 6.45) is 3.08. The van der Waals surface area contributed by atoms with Crippen LogP contribution in [0.4, 0.5) is 0 Å². The predicted octanol–water partition coefficient (Wildman–Crippen LogP) is 4.75. The number of ether oxygens (including phenoxy) is 2. The third kappa shape index (κ3) is 4.39. The maximum Gasteiger partial charge on any atom is 0.363 e. The van der Waals surface area contributed by atoms with Gasteiger partial charge in [0.05, 0.1) is 7.11 Å². The molecule has 0 amide bonds. The first-order chi connectivity index (χ1) is 12.5. The number of hydrogen-bond donors (Lipinski definition) is 0. The van der Waals surface area contributed by atoms with E-state index in [9.17, 15) is 4.79 Å². The van der Waals surface area contributed by atoms with Gasteiger partial charge in [-0.2, -0.15) is 0 Å². The lowest BCUT2D eigenvalue weighted by Crippen LogP contribution is -2.05. The first kappa shape index (κ1) is 17.9. The van der Waals surface area contributed by atoms with Gasteiger partial charge in [-0.05, 0) is 47.2 Å². The Kier molecular flexibility index (Phi) is 5.52. The summed E-state index contributed by atoms with van der Waals surface area (Å²) >= 11 is 0. The maximum absolute atomic E-state index is 12.1. The van der Waals surface area contributed by atoms with E-state index in [0.717, 1.165) is 23.3 Å². The Hall–Kier alpha value is -2.88. The van der Waals surface area contributed by atoms with Crippen LogP contribution in [0.15, 0.2) is 59.2 Å². The number of aryl methyl sites for hydroxylation is 1. The Morgan fingerprint density at radius 2 is 1.88 bits per heavy atom. The van der Waals surface area contributed by atoms with Crippen molar-refractivity contribution in [1.29, 1.82) is 0 Å². The first-order valence-corrected chi connectivity index (χ1v) is 8.79. The lowest BCUT2D eigenvalue weighted by Gasteiger charge is -2.04. The lowest BCUT2D eigenvalue weighted by molar-refractivity contribution is -0.130. The monoisotopic (exact) mass is 349 g/mol. The first-order valence-electron chi connectivity index (χ1n) is 8.79. The van der Waals surface area contributed by atoms with Crippen LogP contribution in [-0.2, 0) is 16.0 Å². The Morgan fingerprint density at radius 3 is 2.58 bits per heavy atom. The number of benzene rings is 2. The molecule has 0 radical (unpaired) electrons. The molecule has 4 nitrogen and oxygen atoms in total. The summed E-state index contributed by atoms with van der Waals surface area (Å²) in [5.74, 6) is 1.37. The molecule has 4 heteroatoms. The average Bonchev–Trinajstić information content (AvgIpc) is 3.00. The van der Waals surface area contributed by atoms with E-state index < -0.39 is 5.97 Å². The minimum absolute atomic E-state index is 0.350. The summed E-state index contributed by atoms with van der Waals surface area (Å²) in [6, 6.07) is 16.0. The van der Waals surface area contributed by atoms with Crippen molar-refractivity contribution in [2.24, 2.45) is 4.99 Å². The van der Waals surface area contributed by atoms with Crippen LogP contribution >= 0.6 is 0 Å². The van der Waals surface area contributed by atoms with Crippen LogP contribution < -0.4 is 4.74 Å². The molecule has 0 atom stereocenters. The Bertz CT molecular complexity index is 848. The highest BCUT2D eigenvalue weighted by Gasteiger charge is 2.22. The van der Waals surface area contributed by atoms with Gasteiger partial charge < -0.3 is 9.47 Å². The quantitative estimate of drug-likeness (QED) is 0.559. The van der Waals surface area contributed by atoms with Gasteiger partial charge >= 0.3 is 5.97 Å². The molecule has 2 aromatic carbocycles. The zero-order valence-electron chi connectivity index (χ0n) is 15.4. The van der Waals surface area contributed by atoms with Gasteiger partial charge in [0.25, 0.3) is 0 Å². The van der Waals surface area contributed by atoms with Crippen molar-refractivity contribution in [3.63, 3.8) is 0 Å². The Balaban J connectivity index is 1.68. The normalized spacial score (nSPS) is 15.3. The summed E-state index contributed by atoms with van der Waals surface area (Å²) in [6.45, 7) is 4.31. The number of nitrogens with zero attached hydrogens (tertiary/aromatic N) is 1. The zero-order chi connectivity index (χ0) is 18.5. The van der Waals surface area contributed by atoms with E-state index in [1.165, 1.54) is 5.56 Å². The molecule has 0 aromatic heterocycles. The van der Waals surface area contributed by atoms with Gasteiger partial charge in [-0.1, -0.05) is 50.2 Å². The molecule has 0 bridgehead atoms. The molecule has 26 heavy (non-hydrogen) atoms. The van der Waals surface area contributed by atoms with Crippen molar-refractivity contribution in [3.05, 3.63) is 70.9 Å².